The van der Waals surface area contributed by atoms with Crippen LogP contribution in [0.15, 0.2) is 60.7 Å². The molecule has 0 fully saturated rings. The Morgan fingerprint density at radius 1 is 1.00 bits per heavy atom. The number of esters is 2. The molecule has 2 unspecified atom stereocenters. The zero-order valence-corrected chi connectivity index (χ0v) is 24.8. The molecule has 0 saturated carbocycles. The average molecular weight is 592 g/mol. The predicted octanol–water partition coefficient (Wildman–Crippen LogP) is 5.39. The molecule has 0 aromatic heterocycles. The van der Waals surface area contributed by atoms with Crippen molar-refractivity contribution in [3.63, 3.8) is 0 Å². The second-order valence-corrected chi connectivity index (χ2v) is 10.6. The minimum Gasteiger partial charge on any atom is -0.468 e. The number of anilines is 2. The van der Waals surface area contributed by atoms with Crippen molar-refractivity contribution in [2.45, 2.75) is 45.8 Å². The number of halogens is 1. The minimum atomic E-state index is -0.670. The lowest BCUT2D eigenvalue weighted by molar-refractivity contribution is -0.149. The van der Waals surface area contributed by atoms with Crippen molar-refractivity contribution in [1.29, 1.82) is 0 Å². The number of carbonyl (C=O) groups excluding carboxylic acids is 4. The van der Waals surface area contributed by atoms with E-state index in [4.69, 9.17) is 16.3 Å². The van der Waals surface area contributed by atoms with Gasteiger partial charge in [-0.1, -0.05) is 29.8 Å². The lowest BCUT2D eigenvalue weighted by Crippen LogP contribution is -2.38. The summed E-state index contributed by atoms with van der Waals surface area (Å²) in [5, 5.41) is 6.15. The number of nitrogens with zero attached hydrogens (tertiary/aromatic N) is 1. The topological polar surface area (TPSA) is 114 Å². The van der Waals surface area contributed by atoms with Crippen LogP contribution in [0.1, 0.15) is 63.3 Å². The maximum atomic E-state index is 13.9. The van der Waals surface area contributed by atoms with E-state index in [1.807, 2.05) is 32.0 Å². The van der Waals surface area contributed by atoms with Gasteiger partial charge < -0.3 is 19.7 Å². The van der Waals surface area contributed by atoms with Crippen molar-refractivity contribution in [2.24, 2.45) is 0 Å². The van der Waals surface area contributed by atoms with Gasteiger partial charge in [0.1, 0.15) is 12.1 Å². The number of carbonyl (C=O) groups is 4. The van der Waals surface area contributed by atoms with Gasteiger partial charge >= 0.3 is 11.9 Å². The first kappa shape index (κ1) is 30.7. The lowest BCUT2D eigenvalue weighted by Gasteiger charge is -2.25. The second kappa shape index (κ2) is 13.6. The molecule has 1 heterocycles. The standard InChI is InChI=1S/C32H34ClN3O6/c1-19-8-5-6-9-24(19)30(38)35-23-12-13-25(20(2)16-23)31(39)36-15-7-10-28(26-17-22(33)11-14-27(26)36)42-29(37)18-34-21(3)32(40)41-4/h5-6,8-9,11-14,16-17,21,28,34H,7,10,15,18H2,1-4H3,(H,35,38). The van der Waals surface area contributed by atoms with Crippen LogP contribution >= 0.6 is 11.6 Å². The van der Waals surface area contributed by atoms with Gasteiger partial charge in [0.25, 0.3) is 11.8 Å². The van der Waals surface area contributed by atoms with Crippen LogP contribution in [0.5, 0.6) is 0 Å². The van der Waals surface area contributed by atoms with Crippen molar-refractivity contribution in [1.82, 2.24) is 5.32 Å². The SMILES string of the molecule is COC(=O)C(C)NCC(=O)OC1CCCN(C(=O)c2ccc(NC(=O)c3ccccc3C)cc2C)c2ccc(Cl)cc21. The molecule has 3 aromatic carbocycles. The highest BCUT2D eigenvalue weighted by atomic mass is 35.5. The molecule has 2 N–H and O–H groups in total. The number of hydrogen-bond donors (Lipinski definition) is 2. The Morgan fingerprint density at radius 2 is 1.76 bits per heavy atom. The molecule has 3 aromatic rings. The van der Waals surface area contributed by atoms with Gasteiger partial charge in [-0.3, -0.25) is 24.5 Å². The van der Waals surface area contributed by atoms with E-state index in [1.165, 1.54) is 7.11 Å². The molecule has 9 nitrogen and oxygen atoms in total. The number of aryl methyl sites for hydroxylation is 2. The van der Waals surface area contributed by atoms with Gasteiger partial charge in [0.15, 0.2) is 0 Å². The molecule has 0 radical (unpaired) electrons. The Hall–Kier alpha value is -4.21. The second-order valence-electron chi connectivity index (χ2n) is 10.2. The quantitative estimate of drug-likeness (QED) is 0.338. The van der Waals surface area contributed by atoms with Crippen LogP contribution in [0.3, 0.4) is 0 Å². The van der Waals surface area contributed by atoms with E-state index in [0.29, 0.717) is 58.0 Å². The third-order valence-electron chi connectivity index (χ3n) is 7.21. The zero-order valence-electron chi connectivity index (χ0n) is 24.0. The highest BCUT2D eigenvalue weighted by Crippen LogP contribution is 2.38. The number of fused-ring (bicyclic) bond motifs is 1. The average Bonchev–Trinajstić information content (AvgIpc) is 3.14. The highest BCUT2D eigenvalue weighted by Gasteiger charge is 2.30. The first-order valence-corrected chi connectivity index (χ1v) is 14.1. The number of amides is 2. The molecule has 1 aliphatic rings. The Labute approximate surface area is 250 Å². The molecular weight excluding hydrogens is 558 g/mol. The third-order valence-corrected chi connectivity index (χ3v) is 7.44. The van der Waals surface area contributed by atoms with Crippen LogP contribution in [0, 0.1) is 13.8 Å². The number of benzene rings is 3. The zero-order chi connectivity index (χ0) is 30.4. The summed E-state index contributed by atoms with van der Waals surface area (Å²) in [4.78, 5) is 52.6. The summed E-state index contributed by atoms with van der Waals surface area (Å²) in [7, 11) is 1.28. The van der Waals surface area contributed by atoms with Crippen LogP contribution in [-0.2, 0) is 19.1 Å². The van der Waals surface area contributed by atoms with E-state index < -0.39 is 24.1 Å². The summed E-state index contributed by atoms with van der Waals surface area (Å²) in [5.74, 6) is -1.46. The third kappa shape index (κ3) is 7.16. The Balaban J connectivity index is 1.52. The maximum Gasteiger partial charge on any atom is 0.322 e. The summed E-state index contributed by atoms with van der Waals surface area (Å²) in [6, 6.07) is 17.0. The lowest BCUT2D eigenvalue weighted by atomic mass is 10.0. The summed E-state index contributed by atoms with van der Waals surface area (Å²) in [5.41, 5.74) is 4.46. The molecule has 0 saturated heterocycles. The fraction of sp³-hybridized carbons (Fsp3) is 0.312. The predicted molar refractivity (Wildman–Crippen MR) is 161 cm³/mol. The van der Waals surface area contributed by atoms with Crippen molar-refractivity contribution in [3.05, 3.63) is 93.5 Å². The van der Waals surface area contributed by atoms with E-state index in [9.17, 15) is 19.2 Å². The molecule has 220 valence electrons. The first-order valence-electron chi connectivity index (χ1n) is 13.7. The monoisotopic (exact) mass is 591 g/mol. The molecule has 2 amide bonds. The van der Waals surface area contributed by atoms with Gasteiger partial charge in [0, 0.05) is 33.9 Å². The molecule has 0 bridgehead atoms. The Morgan fingerprint density at radius 3 is 2.48 bits per heavy atom. The van der Waals surface area contributed by atoms with Crippen LogP contribution in [0.4, 0.5) is 11.4 Å². The summed E-state index contributed by atoms with van der Waals surface area (Å²) in [6.45, 7) is 5.52. The number of nitrogens with one attached hydrogen (secondary N) is 2. The van der Waals surface area contributed by atoms with E-state index in [1.54, 1.807) is 54.3 Å². The van der Waals surface area contributed by atoms with E-state index >= 15 is 0 Å². The molecule has 0 spiro atoms. The van der Waals surface area contributed by atoms with Crippen LogP contribution in [0.25, 0.3) is 0 Å². The van der Waals surface area contributed by atoms with E-state index in [2.05, 4.69) is 15.4 Å². The largest absolute Gasteiger partial charge is 0.468 e. The van der Waals surface area contributed by atoms with Gasteiger partial charge in [-0.05, 0) is 87.2 Å². The smallest absolute Gasteiger partial charge is 0.322 e. The van der Waals surface area contributed by atoms with Crippen molar-refractivity contribution in [2.75, 3.05) is 30.4 Å². The molecule has 42 heavy (non-hydrogen) atoms. The van der Waals surface area contributed by atoms with Gasteiger partial charge in [-0.2, -0.15) is 0 Å². The number of hydrogen-bond acceptors (Lipinski definition) is 7. The van der Waals surface area contributed by atoms with Crippen molar-refractivity contribution < 1.29 is 28.7 Å². The summed E-state index contributed by atoms with van der Waals surface area (Å²) < 4.78 is 10.5. The number of rotatable bonds is 8. The number of ether oxygens (including phenoxy) is 2. The molecule has 0 aliphatic carbocycles. The Kier molecular flexibility index (Phi) is 9.98. The van der Waals surface area contributed by atoms with Crippen LogP contribution in [-0.4, -0.2) is 50.0 Å². The fourth-order valence-corrected chi connectivity index (χ4v) is 5.10. The van der Waals surface area contributed by atoms with Gasteiger partial charge in [0.2, 0.25) is 0 Å². The Bertz CT molecular complexity index is 1510. The van der Waals surface area contributed by atoms with Gasteiger partial charge in [0.05, 0.1) is 19.3 Å². The molecule has 4 rings (SSSR count). The molecule has 10 heteroatoms. The van der Waals surface area contributed by atoms with Crippen molar-refractivity contribution in [3.8, 4) is 0 Å². The normalized spacial score (nSPS) is 15.2. The van der Waals surface area contributed by atoms with Gasteiger partial charge in [-0.15, -0.1) is 0 Å². The first-order chi connectivity index (χ1) is 20.1. The molecule has 1 aliphatic heterocycles. The van der Waals surface area contributed by atoms with Crippen LogP contribution in [0.2, 0.25) is 5.02 Å². The minimum absolute atomic E-state index is 0.183. The number of methoxy groups -OCH3 is 1. The molecular formula is C32H34ClN3O6. The highest BCUT2D eigenvalue weighted by molar-refractivity contribution is 6.30. The molecule has 2 atom stereocenters. The summed E-state index contributed by atoms with van der Waals surface area (Å²) >= 11 is 6.33. The maximum absolute atomic E-state index is 13.9. The van der Waals surface area contributed by atoms with Crippen LogP contribution < -0.4 is 15.5 Å². The van der Waals surface area contributed by atoms with Gasteiger partial charge in [-0.25, -0.2) is 0 Å². The van der Waals surface area contributed by atoms with Crippen molar-refractivity contribution >= 4 is 46.7 Å². The fourth-order valence-electron chi connectivity index (χ4n) is 4.92. The van der Waals surface area contributed by atoms with E-state index in [-0.39, 0.29) is 18.4 Å². The van der Waals surface area contributed by atoms with E-state index in [0.717, 1.165) is 5.56 Å². The summed E-state index contributed by atoms with van der Waals surface area (Å²) in [6.07, 6.45) is 0.434.